The van der Waals surface area contributed by atoms with Gasteiger partial charge in [-0.25, -0.2) is 8.42 Å². The Morgan fingerprint density at radius 2 is 1.89 bits per heavy atom. The monoisotopic (exact) mass is 273 g/mol. The van der Waals surface area contributed by atoms with Gasteiger partial charge >= 0.3 is 0 Å². The Kier molecular flexibility index (Phi) is 6.70. The standard InChI is InChI=1S/C12H19NO4S/c1-2-3-11-18(14,15)13-17-10-9-16-12-7-5-4-6-8-12/h4-8,13H,2-3,9-11H2,1H3. The van der Waals surface area contributed by atoms with E-state index in [-0.39, 0.29) is 12.4 Å². The predicted molar refractivity (Wildman–Crippen MR) is 69.7 cm³/mol. The van der Waals surface area contributed by atoms with E-state index in [0.29, 0.717) is 13.0 Å². The number of benzene rings is 1. The van der Waals surface area contributed by atoms with E-state index in [9.17, 15) is 8.42 Å². The van der Waals surface area contributed by atoms with E-state index in [1.807, 2.05) is 37.3 Å². The fourth-order valence-corrected chi connectivity index (χ4v) is 2.24. The second-order valence-electron chi connectivity index (χ2n) is 3.77. The average Bonchev–Trinajstić information content (AvgIpc) is 2.37. The van der Waals surface area contributed by atoms with E-state index in [0.717, 1.165) is 12.2 Å². The highest BCUT2D eigenvalue weighted by Gasteiger charge is 2.08. The highest BCUT2D eigenvalue weighted by molar-refractivity contribution is 7.89. The van der Waals surface area contributed by atoms with Crippen molar-refractivity contribution in [3.8, 4) is 5.75 Å². The topological polar surface area (TPSA) is 64.6 Å². The second-order valence-corrected chi connectivity index (χ2v) is 5.57. The molecule has 0 aromatic heterocycles. The summed E-state index contributed by atoms with van der Waals surface area (Å²) in [5.41, 5.74) is 0. The molecule has 0 aliphatic rings. The first-order valence-corrected chi connectivity index (χ1v) is 7.58. The number of hydrogen-bond donors (Lipinski definition) is 1. The van der Waals surface area contributed by atoms with Crippen LogP contribution in [0.5, 0.6) is 5.75 Å². The molecule has 1 N–H and O–H groups in total. The molecule has 1 aromatic carbocycles. The summed E-state index contributed by atoms with van der Waals surface area (Å²) in [4.78, 5) is 6.93. The summed E-state index contributed by atoms with van der Waals surface area (Å²) in [6, 6.07) is 9.27. The van der Waals surface area contributed by atoms with Crippen LogP contribution >= 0.6 is 0 Å². The minimum absolute atomic E-state index is 0.0864. The maximum absolute atomic E-state index is 11.3. The molecule has 0 fully saturated rings. The number of ether oxygens (including phenoxy) is 1. The third kappa shape index (κ3) is 6.58. The highest BCUT2D eigenvalue weighted by atomic mass is 32.2. The van der Waals surface area contributed by atoms with Crippen LogP contribution in [0.1, 0.15) is 19.8 Å². The van der Waals surface area contributed by atoms with Crippen LogP contribution < -0.4 is 9.62 Å². The molecular formula is C12H19NO4S. The maximum Gasteiger partial charge on any atom is 0.233 e. The Hall–Kier alpha value is -1.11. The van der Waals surface area contributed by atoms with Crippen molar-refractivity contribution in [2.75, 3.05) is 19.0 Å². The lowest BCUT2D eigenvalue weighted by Gasteiger charge is -2.08. The summed E-state index contributed by atoms with van der Waals surface area (Å²) >= 11 is 0. The van der Waals surface area contributed by atoms with Gasteiger partial charge in [0.05, 0.1) is 5.75 Å². The number of unbranched alkanes of at least 4 members (excludes halogenated alkanes) is 1. The normalized spacial score (nSPS) is 11.4. The molecule has 1 rings (SSSR count). The van der Waals surface area contributed by atoms with E-state index in [2.05, 4.69) is 4.89 Å². The van der Waals surface area contributed by atoms with Crippen molar-refractivity contribution in [3.05, 3.63) is 30.3 Å². The molecule has 0 heterocycles. The van der Waals surface area contributed by atoms with Crippen LogP contribution in [-0.2, 0) is 14.9 Å². The van der Waals surface area contributed by atoms with E-state index in [1.165, 1.54) is 0 Å². The van der Waals surface area contributed by atoms with Crippen molar-refractivity contribution >= 4 is 10.0 Å². The summed E-state index contributed by atoms with van der Waals surface area (Å²) in [7, 11) is -3.32. The third-order valence-electron chi connectivity index (χ3n) is 2.15. The summed E-state index contributed by atoms with van der Waals surface area (Å²) in [6.45, 7) is 2.39. The van der Waals surface area contributed by atoms with Crippen LogP contribution in [0.25, 0.3) is 0 Å². The molecule has 18 heavy (non-hydrogen) atoms. The first kappa shape index (κ1) is 14.9. The van der Waals surface area contributed by atoms with E-state index in [1.54, 1.807) is 0 Å². The molecule has 102 valence electrons. The van der Waals surface area contributed by atoms with Gasteiger partial charge in [0.25, 0.3) is 0 Å². The van der Waals surface area contributed by atoms with Crippen molar-refractivity contribution in [1.29, 1.82) is 0 Å². The second kappa shape index (κ2) is 8.07. The number of para-hydroxylation sites is 1. The highest BCUT2D eigenvalue weighted by Crippen LogP contribution is 2.07. The number of rotatable bonds is 9. The maximum atomic E-state index is 11.3. The lowest BCUT2D eigenvalue weighted by molar-refractivity contribution is 0.0665. The van der Waals surface area contributed by atoms with Gasteiger partial charge in [-0.2, -0.15) is 0 Å². The van der Waals surface area contributed by atoms with Crippen molar-refractivity contribution < 1.29 is 18.0 Å². The Morgan fingerprint density at radius 3 is 2.56 bits per heavy atom. The Balaban J connectivity index is 2.12. The third-order valence-corrected chi connectivity index (χ3v) is 3.35. The van der Waals surface area contributed by atoms with Crippen LogP contribution in [-0.4, -0.2) is 27.4 Å². The molecule has 0 aliphatic heterocycles. The fraction of sp³-hybridized carbons (Fsp3) is 0.500. The SMILES string of the molecule is CCCCS(=O)(=O)NOCCOc1ccccc1. The number of sulfonamides is 1. The zero-order valence-corrected chi connectivity index (χ0v) is 11.3. The van der Waals surface area contributed by atoms with Gasteiger partial charge in [-0.15, -0.1) is 0 Å². The summed E-state index contributed by atoms with van der Waals surface area (Å²) in [6.07, 6.45) is 1.46. The van der Waals surface area contributed by atoms with E-state index < -0.39 is 10.0 Å². The first-order chi connectivity index (χ1) is 8.64. The van der Waals surface area contributed by atoms with Gasteiger partial charge in [-0.1, -0.05) is 36.4 Å². The van der Waals surface area contributed by atoms with Crippen molar-refractivity contribution in [2.45, 2.75) is 19.8 Å². The molecule has 0 radical (unpaired) electrons. The van der Waals surface area contributed by atoms with Crippen molar-refractivity contribution in [1.82, 2.24) is 4.89 Å². The molecule has 0 aliphatic carbocycles. The zero-order chi connectivity index (χ0) is 13.3. The molecule has 0 amide bonds. The molecule has 0 spiro atoms. The minimum Gasteiger partial charge on any atom is -0.491 e. The number of hydrogen-bond acceptors (Lipinski definition) is 4. The van der Waals surface area contributed by atoms with E-state index >= 15 is 0 Å². The summed E-state index contributed by atoms with van der Waals surface area (Å²) in [5.74, 6) is 0.818. The van der Waals surface area contributed by atoms with Crippen molar-refractivity contribution in [2.24, 2.45) is 0 Å². The van der Waals surface area contributed by atoms with Crippen LogP contribution in [0.3, 0.4) is 0 Å². The molecule has 0 bridgehead atoms. The summed E-state index contributed by atoms with van der Waals surface area (Å²) in [5, 5.41) is 0. The molecular weight excluding hydrogens is 254 g/mol. The van der Waals surface area contributed by atoms with Crippen LogP contribution in [0.4, 0.5) is 0 Å². The molecule has 0 saturated heterocycles. The van der Waals surface area contributed by atoms with Crippen molar-refractivity contribution in [3.63, 3.8) is 0 Å². The molecule has 0 atom stereocenters. The Labute approximate surface area is 108 Å². The van der Waals surface area contributed by atoms with Gasteiger partial charge < -0.3 is 4.74 Å². The quantitative estimate of drug-likeness (QED) is 0.549. The summed E-state index contributed by atoms with van der Waals surface area (Å²) < 4.78 is 28.0. The molecule has 0 saturated carbocycles. The smallest absolute Gasteiger partial charge is 0.233 e. The van der Waals surface area contributed by atoms with Gasteiger partial charge in [-0.3, -0.25) is 4.84 Å². The number of nitrogens with one attached hydrogen (secondary N) is 1. The largest absolute Gasteiger partial charge is 0.491 e. The Morgan fingerprint density at radius 1 is 1.17 bits per heavy atom. The fourth-order valence-electron chi connectivity index (χ4n) is 1.23. The van der Waals surface area contributed by atoms with Crippen LogP contribution in [0, 0.1) is 0 Å². The Bertz CT molecular complexity index is 419. The molecule has 6 heteroatoms. The average molecular weight is 273 g/mol. The predicted octanol–water partition coefficient (Wildman–Crippen LogP) is 1.72. The molecule has 1 aromatic rings. The van der Waals surface area contributed by atoms with Gasteiger partial charge in [0.1, 0.15) is 19.0 Å². The first-order valence-electron chi connectivity index (χ1n) is 5.93. The van der Waals surface area contributed by atoms with Gasteiger partial charge in [-0.05, 0) is 18.6 Å². The van der Waals surface area contributed by atoms with Gasteiger partial charge in [0.2, 0.25) is 10.0 Å². The minimum atomic E-state index is -3.32. The van der Waals surface area contributed by atoms with E-state index in [4.69, 9.17) is 9.57 Å². The molecule has 5 nitrogen and oxygen atoms in total. The zero-order valence-electron chi connectivity index (χ0n) is 10.5. The lowest BCUT2D eigenvalue weighted by Crippen LogP contribution is -2.28. The molecule has 0 unspecified atom stereocenters. The van der Waals surface area contributed by atoms with Crippen LogP contribution in [0.15, 0.2) is 30.3 Å². The van der Waals surface area contributed by atoms with Gasteiger partial charge in [0.15, 0.2) is 0 Å². The van der Waals surface area contributed by atoms with Gasteiger partial charge in [0, 0.05) is 0 Å². The van der Waals surface area contributed by atoms with Crippen LogP contribution in [0.2, 0.25) is 0 Å². The lowest BCUT2D eigenvalue weighted by atomic mass is 10.3.